The smallest absolute Gasteiger partial charge is 0.122 e. The summed E-state index contributed by atoms with van der Waals surface area (Å²) in [7, 11) is 0. The zero-order valence-corrected chi connectivity index (χ0v) is 16.2. The van der Waals surface area contributed by atoms with E-state index >= 15 is 0 Å². The quantitative estimate of drug-likeness (QED) is 0.704. The molecule has 0 saturated carbocycles. The molecular formula is C21H24ClN3O. The van der Waals surface area contributed by atoms with Gasteiger partial charge in [0.15, 0.2) is 0 Å². The predicted octanol–water partition coefficient (Wildman–Crippen LogP) is 4.78. The lowest BCUT2D eigenvalue weighted by Crippen LogP contribution is -2.22. The summed E-state index contributed by atoms with van der Waals surface area (Å²) in [5.41, 5.74) is 4.36. The molecule has 0 aliphatic heterocycles. The van der Waals surface area contributed by atoms with Gasteiger partial charge in [0.05, 0.1) is 11.1 Å². The maximum absolute atomic E-state index is 10.6. The van der Waals surface area contributed by atoms with Crippen molar-refractivity contribution in [3.8, 4) is 17.5 Å². The Balaban J connectivity index is 0.00000243. The van der Waals surface area contributed by atoms with Gasteiger partial charge >= 0.3 is 0 Å². The summed E-state index contributed by atoms with van der Waals surface area (Å²) in [6.45, 7) is 8.65. The Bertz CT molecular complexity index is 938. The van der Waals surface area contributed by atoms with Gasteiger partial charge < -0.3 is 9.67 Å². The van der Waals surface area contributed by atoms with E-state index in [-0.39, 0.29) is 18.2 Å². The fourth-order valence-corrected chi connectivity index (χ4v) is 3.42. The van der Waals surface area contributed by atoms with Gasteiger partial charge in [-0.05, 0) is 44.3 Å². The number of halogens is 1. The number of phenols is 1. The molecule has 0 unspecified atom stereocenters. The summed E-state index contributed by atoms with van der Waals surface area (Å²) in [4.78, 5) is 2.26. The molecule has 3 rings (SSSR count). The Kier molecular flexibility index (Phi) is 6.31. The molecule has 0 amide bonds. The van der Waals surface area contributed by atoms with Crippen LogP contribution in [0.2, 0.25) is 0 Å². The first-order chi connectivity index (χ1) is 12.1. The minimum atomic E-state index is 0. The zero-order chi connectivity index (χ0) is 18.0. The van der Waals surface area contributed by atoms with Gasteiger partial charge in [-0.15, -0.1) is 12.4 Å². The molecule has 1 N–H and O–H groups in total. The van der Waals surface area contributed by atoms with Crippen LogP contribution < -0.4 is 0 Å². The van der Waals surface area contributed by atoms with Crippen LogP contribution in [0.15, 0.2) is 42.5 Å². The van der Waals surface area contributed by atoms with E-state index in [1.807, 2.05) is 43.3 Å². The van der Waals surface area contributed by atoms with Crippen LogP contribution in [0.25, 0.3) is 16.6 Å². The summed E-state index contributed by atoms with van der Waals surface area (Å²) >= 11 is 0. The number of hydrogen-bond donors (Lipinski definition) is 1. The highest BCUT2D eigenvalue weighted by Crippen LogP contribution is 2.35. The number of benzene rings is 2. The maximum Gasteiger partial charge on any atom is 0.122 e. The zero-order valence-electron chi connectivity index (χ0n) is 15.4. The summed E-state index contributed by atoms with van der Waals surface area (Å²) in [5.74, 6) is 0.276. The van der Waals surface area contributed by atoms with Crippen LogP contribution in [0.3, 0.4) is 0 Å². The number of phenolic OH excluding ortho intramolecular Hbond substituents is 1. The van der Waals surface area contributed by atoms with E-state index in [4.69, 9.17) is 0 Å². The number of aromatic nitrogens is 1. The van der Waals surface area contributed by atoms with Gasteiger partial charge in [0.1, 0.15) is 11.8 Å². The molecule has 0 spiro atoms. The van der Waals surface area contributed by atoms with Gasteiger partial charge in [-0.3, -0.25) is 4.90 Å². The molecule has 2 aromatic carbocycles. The minimum Gasteiger partial charge on any atom is -0.508 e. The van der Waals surface area contributed by atoms with Crippen molar-refractivity contribution in [1.29, 1.82) is 5.26 Å². The van der Waals surface area contributed by atoms with Crippen LogP contribution in [0.1, 0.15) is 30.7 Å². The number of nitriles is 1. The lowest BCUT2D eigenvalue weighted by molar-refractivity contribution is 0.292. The Morgan fingerprint density at radius 1 is 1.08 bits per heavy atom. The normalized spacial score (nSPS) is 10.7. The molecule has 1 heterocycles. The van der Waals surface area contributed by atoms with Crippen molar-refractivity contribution < 1.29 is 5.11 Å². The summed E-state index contributed by atoms with van der Waals surface area (Å²) < 4.78 is 2.09. The SMILES string of the molecule is CCN(CC)Cc1c(O)ccc2c(C#N)c(C)n(-c3ccccc3)c12.Cl. The van der Waals surface area contributed by atoms with Crippen molar-refractivity contribution in [2.24, 2.45) is 0 Å². The van der Waals surface area contributed by atoms with Gasteiger partial charge in [-0.25, -0.2) is 0 Å². The third kappa shape index (κ3) is 3.29. The lowest BCUT2D eigenvalue weighted by atomic mass is 10.1. The van der Waals surface area contributed by atoms with Crippen LogP contribution in [-0.4, -0.2) is 27.7 Å². The van der Waals surface area contributed by atoms with Crippen LogP contribution in [0.5, 0.6) is 5.75 Å². The molecular weight excluding hydrogens is 346 g/mol. The van der Waals surface area contributed by atoms with Crippen LogP contribution in [0.4, 0.5) is 0 Å². The Labute approximate surface area is 160 Å². The molecule has 0 radical (unpaired) electrons. The van der Waals surface area contributed by atoms with Crippen LogP contribution in [0, 0.1) is 18.3 Å². The number of hydrogen-bond acceptors (Lipinski definition) is 3. The van der Waals surface area contributed by atoms with Gasteiger partial charge in [0.2, 0.25) is 0 Å². The average molecular weight is 370 g/mol. The topological polar surface area (TPSA) is 52.2 Å². The summed E-state index contributed by atoms with van der Waals surface area (Å²) in [6.07, 6.45) is 0. The number of nitrogens with zero attached hydrogens (tertiary/aromatic N) is 3. The van der Waals surface area contributed by atoms with Crippen molar-refractivity contribution in [2.75, 3.05) is 13.1 Å². The molecule has 136 valence electrons. The van der Waals surface area contributed by atoms with E-state index in [0.717, 1.165) is 40.9 Å². The van der Waals surface area contributed by atoms with Gasteiger partial charge in [-0.2, -0.15) is 5.26 Å². The third-order valence-electron chi connectivity index (χ3n) is 4.85. The van der Waals surface area contributed by atoms with Crippen LogP contribution in [-0.2, 0) is 6.54 Å². The van der Waals surface area contributed by atoms with Crippen molar-refractivity contribution in [3.63, 3.8) is 0 Å². The van der Waals surface area contributed by atoms with Crippen molar-refractivity contribution in [3.05, 3.63) is 59.3 Å². The summed E-state index contributed by atoms with van der Waals surface area (Å²) in [5, 5.41) is 21.1. The van der Waals surface area contributed by atoms with E-state index in [0.29, 0.717) is 12.1 Å². The first kappa shape index (κ1) is 19.8. The lowest BCUT2D eigenvalue weighted by Gasteiger charge is -2.20. The Morgan fingerprint density at radius 3 is 2.31 bits per heavy atom. The largest absolute Gasteiger partial charge is 0.508 e. The molecule has 1 aromatic heterocycles. The minimum absolute atomic E-state index is 0. The summed E-state index contributed by atoms with van der Waals surface area (Å²) in [6, 6.07) is 15.9. The molecule has 4 nitrogen and oxygen atoms in total. The highest BCUT2D eigenvalue weighted by molar-refractivity contribution is 5.93. The number of rotatable bonds is 5. The second-order valence-electron chi connectivity index (χ2n) is 6.16. The fraction of sp³-hybridized carbons (Fsp3) is 0.286. The van der Waals surface area contributed by atoms with Crippen LogP contribution >= 0.6 is 12.4 Å². The molecule has 5 heteroatoms. The second-order valence-corrected chi connectivity index (χ2v) is 6.16. The third-order valence-corrected chi connectivity index (χ3v) is 4.85. The molecule has 3 aromatic rings. The number of fused-ring (bicyclic) bond motifs is 1. The van der Waals surface area contributed by atoms with E-state index in [9.17, 15) is 10.4 Å². The highest BCUT2D eigenvalue weighted by Gasteiger charge is 2.21. The first-order valence-corrected chi connectivity index (χ1v) is 8.66. The fourth-order valence-electron chi connectivity index (χ4n) is 3.42. The monoisotopic (exact) mass is 369 g/mol. The molecule has 0 atom stereocenters. The maximum atomic E-state index is 10.6. The highest BCUT2D eigenvalue weighted by atomic mass is 35.5. The van der Waals surface area contributed by atoms with Gasteiger partial charge in [0, 0.05) is 28.9 Å². The molecule has 0 fully saturated rings. The Morgan fingerprint density at radius 2 is 1.73 bits per heavy atom. The Hall–Kier alpha value is -2.48. The molecule has 0 bridgehead atoms. The predicted molar refractivity (Wildman–Crippen MR) is 108 cm³/mol. The van der Waals surface area contributed by atoms with Crippen molar-refractivity contribution >= 4 is 23.3 Å². The van der Waals surface area contributed by atoms with Crippen molar-refractivity contribution in [2.45, 2.75) is 27.3 Å². The van der Waals surface area contributed by atoms with Gasteiger partial charge in [-0.1, -0.05) is 32.0 Å². The van der Waals surface area contributed by atoms with Crippen molar-refractivity contribution in [1.82, 2.24) is 9.47 Å². The number of para-hydroxylation sites is 1. The van der Waals surface area contributed by atoms with E-state index in [2.05, 4.69) is 29.4 Å². The molecule has 0 aliphatic carbocycles. The van der Waals surface area contributed by atoms with E-state index < -0.39 is 0 Å². The first-order valence-electron chi connectivity index (χ1n) is 8.66. The molecule has 26 heavy (non-hydrogen) atoms. The van der Waals surface area contributed by atoms with Gasteiger partial charge in [0.25, 0.3) is 0 Å². The standard InChI is InChI=1S/C21H23N3O.ClH/c1-4-23(5-2)14-19-20(25)12-11-17-18(13-22)15(3)24(21(17)19)16-9-7-6-8-10-16;/h6-12,25H,4-5,14H2,1-3H3;1H. The second kappa shape index (κ2) is 8.27. The number of aromatic hydroxyl groups is 1. The average Bonchev–Trinajstić information content (AvgIpc) is 2.93. The van der Waals surface area contributed by atoms with E-state index in [1.165, 1.54) is 0 Å². The van der Waals surface area contributed by atoms with E-state index in [1.54, 1.807) is 6.07 Å². The molecule has 0 saturated heterocycles. The molecule has 0 aliphatic rings.